The Hall–Kier alpha value is -2.46. The summed E-state index contributed by atoms with van der Waals surface area (Å²) in [7, 11) is 0. The molecule has 0 saturated carbocycles. The van der Waals surface area contributed by atoms with E-state index in [1.165, 1.54) is 37.6 Å². The Morgan fingerprint density at radius 2 is 1.79 bits per heavy atom. The van der Waals surface area contributed by atoms with Crippen LogP contribution in [0.25, 0.3) is 6.08 Å². The highest BCUT2D eigenvalue weighted by Crippen LogP contribution is 2.34. The summed E-state index contributed by atoms with van der Waals surface area (Å²) in [6.45, 7) is 10.5. The minimum Gasteiger partial charge on any atom is -0.311 e. The van der Waals surface area contributed by atoms with Crippen molar-refractivity contribution in [2.45, 2.75) is 52.9 Å². The largest absolute Gasteiger partial charge is 0.311 e. The van der Waals surface area contributed by atoms with E-state index in [0.717, 1.165) is 41.8 Å². The van der Waals surface area contributed by atoms with Crippen LogP contribution in [0.15, 0.2) is 42.5 Å². The molecule has 2 aliphatic heterocycles. The molecule has 2 aromatic rings. The summed E-state index contributed by atoms with van der Waals surface area (Å²) in [5.41, 5.74) is 5.21. The van der Waals surface area contributed by atoms with Gasteiger partial charge in [-0.3, -0.25) is 4.79 Å². The van der Waals surface area contributed by atoms with Crippen molar-refractivity contribution >= 4 is 17.7 Å². The zero-order valence-corrected chi connectivity index (χ0v) is 20.3. The van der Waals surface area contributed by atoms with Crippen LogP contribution in [0, 0.1) is 31.5 Å². The van der Waals surface area contributed by atoms with Crippen LogP contribution in [0.2, 0.25) is 0 Å². The van der Waals surface area contributed by atoms with E-state index in [4.69, 9.17) is 0 Å². The van der Waals surface area contributed by atoms with Gasteiger partial charge in [0.05, 0.1) is 0 Å². The summed E-state index contributed by atoms with van der Waals surface area (Å²) in [4.78, 5) is 17.6. The van der Waals surface area contributed by atoms with Crippen LogP contribution in [0.1, 0.15) is 54.9 Å². The molecule has 3 nitrogen and oxygen atoms in total. The first kappa shape index (κ1) is 23.7. The molecule has 4 heteroatoms. The number of carbonyl (C=O) groups excluding carboxylic acids is 1. The van der Waals surface area contributed by atoms with Crippen molar-refractivity contribution in [3.8, 4) is 0 Å². The van der Waals surface area contributed by atoms with Gasteiger partial charge in [0.15, 0.2) is 0 Å². The predicted octanol–water partition coefficient (Wildman–Crippen LogP) is 6.17. The van der Waals surface area contributed by atoms with E-state index in [1.807, 2.05) is 24.0 Å². The minimum atomic E-state index is -0.151. The van der Waals surface area contributed by atoms with Gasteiger partial charge in [-0.25, -0.2) is 4.39 Å². The Labute approximate surface area is 198 Å². The number of halogens is 1. The quantitative estimate of drug-likeness (QED) is 0.505. The maximum atomic E-state index is 14.2. The zero-order chi connectivity index (χ0) is 23.4. The van der Waals surface area contributed by atoms with Gasteiger partial charge in [-0.15, -0.1) is 0 Å². The summed E-state index contributed by atoms with van der Waals surface area (Å²) in [5, 5.41) is 0. The predicted molar refractivity (Wildman–Crippen MR) is 135 cm³/mol. The second-order valence-electron chi connectivity index (χ2n) is 9.99. The van der Waals surface area contributed by atoms with Crippen molar-refractivity contribution in [3.05, 3.63) is 70.5 Å². The molecule has 4 rings (SSSR count). The molecule has 0 N–H and O–H groups in total. The molecule has 2 saturated heterocycles. The van der Waals surface area contributed by atoms with Gasteiger partial charge in [-0.2, -0.15) is 0 Å². The number of rotatable bonds is 7. The number of anilines is 1. The van der Waals surface area contributed by atoms with Crippen molar-refractivity contribution < 1.29 is 9.18 Å². The molecule has 2 aromatic carbocycles. The standard InChI is InChI=1S/C29H37FN2O/c1-21-16-24(10-6-7-13-31-14-8-9-15-31)17-22(2)28(21)32-20-25(18-23(3)29(32)33)19-26-11-4-5-12-27(26)30/h4-6,10-12,16-17,23,25H,7-9,13-15,18-20H2,1-3H3/b10-6+/t23-,25-/m1/s1. The molecule has 0 bridgehead atoms. The van der Waals surface area contributed by atoms with Crippen molar-refractivity contribution in [1.29, 1.82) is 0 Å². The number of hydrogen-bond acceptors (Lipinski definition) is 2. The van der Waals surface area contributed by atoms with Crippen molar-refractivity contribution in [3.63, 3.8) is 0 Å². The van der Waals surface area contributed by atoms with Crippen molar-refractivity contribution in [2.75, 3.05) is 31.1 Å². The molecule has 0 spiro atoms. The molecule has 2 aliphatic rings. The minimum absolute atomic E-state index is 0.0560. The number of carbonyl (C=O) groups is 1. The summed E-state index contributed by atoms with van der Waals surface area (Å²) in [6.07, 6.45) is 9.68. The van der Waals surface area contributed by atoms with E-state index in [0.29, 0.717) is 13.0 Å². The number of hydrogen-bond donors (Lipinski definition) is 0. The van der Waals surface area contributed by atoms with Crippen LogP contribution in [-0.2, 0) is 11.2 Å². The molecule has 2 atom stereocenters. The Morgan fingerprint density at radius 1 is 1.09 bits per heavy atom. The highest BCUT2D eigenvalue weighted by molar-refractivity contribution is 5.97. The van der Waals surface area contributed by atoms with Gasteiger partial charge in [0, 0.05) is 24.7 Å². The molecule has 1 amide bonds. The smallest absolute Gasteiger partial charge is 0.229 e. The van der Waals surface area contributed by atoms with E-state index < -0.39 is 0 Å². The second-order valence-corrected chi connectivity index (χ2v) is 9.99. The molecule has 2 heterocycles. The Bertz CT molecular complexity index is 985. The molecular weight excluding hydrogens is 411 g/mol. The van der Waals surface area contributed by atoms with Crippen LogP contribution in [0.5, 0.6) is 0 Å². The average molecular weight is 449 g/mol. The van der Waals surface area contributed by atoms with Crippen LogP contribution in [0.4, 0.5) is 10.1 Å². The normalized spacial score (nSPS) is 21.9. The third kappa shape index (κ3) is 5.73. The number of piperidine rings is 1. The molecule has 0 aromatic heterocycles. The fourth-order valence-electron chi connectivity index (χ4n) is 5.61. The third-order valence-electron chi connectivity index (χ3n) is 7.19. The van der Waals surface area contributed by atoms with Gasteiger partial charge in [0.1, 0.15) is 5.82 Å². The van der Waals surface area contributed by atoms with E-state index in [1.54, 1.807) is 6.07 Å². The number of likely N-dealkylation sites (tertiary alicyclic amines) is 1. The molecule has 0 radical (unpaired) electrons. The summed E-state index contributed by atoms with van der Waals surface area (Å²) in [5.74, 6) is 0.222. The zero-order valence-electron chi connectivity index (χ0n) is 20.3. The first-order chi connectivity index (χ1) is 15.9. The fraction of sp³-hybridized carbons (Fsp3) is 0.483. The molecule has 2 fully saturated rings. The first-order valence-corrected chi connectivity index (χ1v) is 12.5. The Balaban J connectivity index is 1.47. The van der Waals surface area contributed by atoms with E-state index in [9.17, 15) is 9.18 Å². The SMILES string of the molecule is Cc1cc(/C=C/CCN2CCCC2)cc(C)c1N1C[C@@H](Cc2ccccc2F)C[C@@H](C)C1=O. The van der Waals surface area contributed by atoms with Gasteiger partial charge in [-0.05, 0) is 105 Å². The third-order valence-corrected chi connectivity index (χ3v) is 7.19. The van der Waals surface area contributed by atoms with E-state index in [2.05, 4.69) is 43.0 Å². The maximum Gasteiger partial charge on any atom is 0.229 e. The lowest BCUT2D eigenvalue weighted by atomic mass is 9.84. The summed E-state index contributed by atoms with van der Waals surface area (Å²) >= 11 is 0. The Kier molecular flexibility index (Phi) is 7.64. The Morgan fingerprint density at radius 3 is 2.48 bits per heavy atom. The van der Waals surface area contributed by atoms with Crippen molar-refractivity contribution in [1.82, 2.24) is 4.90 Å². The van der Waals surface area contributed by atoms with Crippen LogP contribution in [-0.4, -0.2) is 37.0 Å². The van der Waals surface area contributed by atoms with Crippen LogP contribution < -0.4 is 4.90 Å². The topological polar surface area (TPSA) is 23.6 Å². The van der Waals surface area contributed by atoms with Crippen LogP contribution >= 0.6 is 0 Å². The molecule has 0 aliphatic carbocycles. The lowest BCUT2D eigenvalue weighted by Crippen LogP contribution is -2.46. The van der Waals surface area contributed by atoms with Gasteiger partial charge >= 0.3 is 0 Å². The number of aryl methyl sites for hydroxylation is 2. The summed E-state index contributed by atoms with van der Waals surface area (Å²) in [6, 6.07) is 11.4. The maximum absolute atomic E-state index is 14.2. The van der Waals surface area contributed by atoms with Crippen LogP contribution in [0.3, 0.4) is 0 Å². The molecule has 33 heavy (non-hydrogen) atoms. The lowest BCUT2D eigenvalue weighted by Gasteiger charge is -2.38. The first-order valence-electron chi connectivity index (χ1n) is 12.5. The molecule has 0 unspecified atom stereocenters. The summed E-state index contributed by atoms with van der Waals surface area (Å²) < 4.78 is 14.2. The van der Waals surface area contributed by atoms with Gasteiger partial charge in [0.25, 0.3) is 0 Å². The monoisotopic (exact) mass is 448 g/mol. The van der Waals surface area contributed by atoms with E-state index in [-0.39, 0.29) is 23.6 Å². The lowest BCUT2D eigenvalue weighted by molar-refractivity contribution is -0.124. The van der Waals surface area contributed by atoms with Gasteiger partial charge in [-0.1, -0.05) is 37.3 Å². The molecular formula is C29H37FN2O. The molecule has 176 valence electrons. The van der Waals surface area contributed by atoms with Gasteiger partial charge < -0.3 is 9.80 Å². The highest BCUT2D eigenvalue weighted by atomic mass is 19.1. The van der Waals surface area contributed by atoms with Gasteiger partial charge in [0.2, 0.25) is 5.91 Å². The average Bonchev–Trinajstić information content (AvgIpc) is 3.29. The fourth-order valence-corrected chi connectivity index (χ4v) is 5.61. The number of amides is 1. The number of benzene rings is 2. The van der Waals surface area contributed by atoms with Crippen molar-refractivity contribution in [2.24, 2.45) is 11.8 Å². The number of nitrogens with zero attached hydrogens (tertiary/aromatic N) is 2. The highest BCUT2D eigenvalue weighted by Gasteiger charge is 2.34. The second kappa shape index (κ2) is 10.6. The van der Waals surface area contributed by atoms with E-state index >= 15 is 0 Å².